The second-order valence-electron chi connectivity index (χ2n) is 11.6. The van der Waals surface area contributed by atoms with E-state index in [-0.39, 0.29) is 36.4 Å². The smallest absolute Gasteiger partial charge is 1.00 e. The minimum absolute atomic E-state index is 0. The average Bonchev–Trinajstić information content (AvgIpc) is 3.61. The van der Waals surface area contributed by atoms with Crippen molar-refractivity contribution in [2.24, 2.45) is 0 Å². The van der Waals surface area contributed by atoms with Gasteiger partial charge < -0.3 is 24.8 Å². The van der Waals surface area contributed by atoms with E-state index in [0.29, 0.717) is 5.41 Å². The van der Waals surface area contributed by atoms with E-state index in [1.807, 2.05) is 18.2 Å². The number of benzene rings is 4. The summed E-state index contributed by atoms with van der Waals surface area (Å²) in [7, 11) is 0. The molecule has 5 aromatic rings. The van der Waals surface area contributed by atoms with Crippen LogP contribution in [0.4, 0.5) is 8.78 Å². The van der Waals surface area contributed by atoms with E-state index in [1.165, 1.54) is 87.4 Å². The fourth-order valence-corrected chi connectivity index (χ4v) is 5.61. The van der Waals surface area contributed by atoms with E-state index >= 15 is 0 Å². The van der Waals surface area contributed by atoms with Crippen LogP contribution in [0.2, 0.25) is 0 Å². The molecule has 45 heavy (non-hydrogen) atoms. The Morgan fingerprint density at radius 3 is 1.78 bits per heavy atom. The van der Waals surface area contributed by atoms with Gasteiger partial charge in [-0.3, -0.25) is 0 Å². The van der Waals surface area contributed by atoms with Gasteiger partial charge in [-0.1, -0.05) is 75.1 Å². The number of halogens is 4. The zero-order valence-electron chi connectivity index (χ0n) is 26.0. The van der Waals surface area contributed by atoms with Crippen LogP contribution >= 0.6 is 0 Å². The number of hydrogen-bond donors (Lipinski definition) is 0. The van der Waals surface area contributed by atoms with Crippen molar-refractivity contribution in [2.75, 3.05) is 0 Å². The first-order chi connectivity index (χ1) is 20.5. The Balaban J connectivity index is 0.000000238. The summed E-state index contributed by atoms with van der Waals surface area (Å²) in [6.45, 7) is 16.5. The second-order valence-corrected chi connectivity index (χ2v) is 12.9. The first-order valence-corrected chi connectivity index (χ1v) is 15.5. The van der Waals surface area contributed by atoms with Gasteiger partial charge in [-0.15, -0.1) is 23.8 Å². The largest absolute Gasteiger partial charge is 1.00 e. The fraction of sp³-hybridized carbons (Fsp3) is 0.150. The molecule has 0 atom stereocenters. The van der Waals surface area contributed by atoms with Gasteiger partial charge in [0.1, 0.15) is 0 Å². The molecular weight excluding hydrogens is 681 g/mol. The first-order valence-electron chi connectivity index (χ1n) is 14.3. The first kappa shape index (κ1) is 38.1. The molecule has 0 aliphatic heterocycles. The van der Waals surface area contributed by atoms with E-state index in [2.05, 4.69) is 89.4 Å². The van der Waals surface area contributed by atoms with Crippen molar-refractivity contribution in [3.05, 3.63) is 172 Å². The Bertz CT molecular complexity index is 1640. The molecule has 1 aliphatic carbocycles. The Labute approximate surface area is 294 Å². The molecule has 0 aromatic heterocycles. The monoisotopic (exact) mass is 714 g/mol. The molecule has 0 unspecified atom stereocenters. The Morgan fingerprint density at radius 2 is 1.33 bits per heavy atom. The molecule has 0 fully saturated rings. The SMILES string of the molecule is C=Cc1c[c-]c2c(c1)-c1cc(C=C)ccc1C2.Cc1cc(C(C)(C)C)c[cH-]1.Fc1ccc([C](=[Zr+2])c2ccc(F)cc2)cc1.[Cl-].[Cl-]. The van der Waals surface area contributed by atoms with Crippen molar-refractivity contribution >= 4 is 15.4 Å². The van der Waals surface area contributed by atoms with Crippen molar-refractivity contribution < 1.29 is 57.8 Å². The third-order valence-corrected chi connectivity index (χ3v) is 8.77. The van der Waals surface area contributed by atoms with E-state index in [9.17, 15) is 8.78 Å². The zero-order valence-corrected chi connectivity index (χ0v) is 30.0. The predicted octanol–water partition coefficient (Wildman–Crippen LogP) is 4.44. The van der Waals surface area contributed by atoms with Crippen LogP contribution in [0.5, 0.6) is 0 Å². The average molecular weight is 717 g/mol. The molecule has 0 saturated heterocycles. The van der Waals surface area contributed by atoms with Crippen LogP contribution in [-0.2, 0) is 36.1 Å². The maximum Gasteiger partial charge on any atom is -1.00 e. The third kappa shape index (κ3) is 10.2. The quantitative estimate of drug-likeness (QED) is 0.237. The van der Waals surface area contributed by atoms with Gasteiger partial charge >= 0.3 is 108 Å². The molecule has 0 saturated carbocycles. The van der Waals surface area contributed by atoms with Crippen LogP contribution in [0.25, 0.3) is 23.3 Å². The minimum Gasteiger partial charge on any atom is -1.00 e. The molecule has 6 rings (SSSR count). The number of fused-ring (bicyclic) bond motifs is 3. The Morgan fingerprint density at radius 1 is 0.800 bits per heavy atom. The van der Waals surface area contributed by atoms with Gasteiger partial charge in [0.25, 0.3) is 0 Å². The van der Waals surface area contributed by atoms with Gasteiger partial charge in [0, 0.05) is 0 Å². The van der Waals surface area contributed by atoms with Gasteiger partial charge in [0.15, 0.2) is 0 Å². The molecule has 0 spiro atoms. The normalized spacial score (nSPS) is 10.8. The van der Waals surface area contributed by atoms with Crippen LogP contribution in [0.3, 0.4) is 0 Å². The minimum atomic E-state index is -0.244. The Hall–Kier alpha value is -3.10. The zero-order chi connectivity index (χ0) is 31.1. The molecule has 0 N–H and O–H groups in total. The standard InChI is InChI=1S/C17H13.C13H8F2.C10H15.2ClH.Zr/c1-3-12-5-7-14-11-15-8-6-13(4-2)10-17(15)16(14)9-12;14-12-5-1-10(2-6-12)9-11-3-7-13(15)8-4-11;1-8-5-6-9(7-8)10(2,3)4;;;/h3-7,9-10H,1-2,11H2;1-8H;5-7H,1-4H3;2*1H;/q-1;;-1;;;+2/p-2. The summed E-state index contributed by atoms with van der Waals surface area (Å²) in [6, 6.07) is 33.4. The molecule has 230 valence electrons. The summed E-state index contributed by atoms with van der Waals surface area (Å²) >= 11 is 1.22. The predicted molar refractivity (Wildman–Crippen MR) is 175 cm³/mol. The maximum atomic E-state index is 12.8. The van der Waals surface area contributed by atoms with Crippen molar-refractivity contribution in [1.82, 2.24) is 0 Å². The molecule has 0 bridgehead atoms. The van der Waals surface area contributed by atoms with E-state index in [4.69, 9.17) is 0 Å². The summed E-state index contributed by atoms with van der Waals surface area (Å²) in [5, 5.41) is 0. The number of hydrogen-bond acceptors (Lipinski definition) is 0. The van der Waals surface area contributed by atoms with Gasteiger partial charge in [-0.05, 0) is 12.0 Å². The van der Waals surface area contributed by atoms with Gasteiger partial charge in [-0.2, -0.15) is 47.0 Å². The van der Waals surface area contributed by atoms with Crippen LogP contribution in [0.1, 0.15) is 65.3 Å². The van der Waals surface area contributed by atoms with E-state index in [0.717, 1.165) is 26.3 Å². The Kier molecular flexibility index (Phi) is 14.4. The molecule has 5 aromatic carbocycles. The van der Waals surface area contributed by atoms with Crippen LogP contribution in [-0.4, -0.2) is 3.21 Å². The molecule has 1 aliphatic rings. The van der Waals surface area contributed by atoms with Crippen LogP contribution in [0, 0.1) is 24.6 Å². The summed E-state index contributed by atoms with van der Waals surface area (Å²) in [4.78, 5) is 0. The number of rotatable bonds is 4. The molecule has 0 radical (unpaired) electrons. The molecule has 0 amide bonds. The summed E-state index contributed by atoms with van der Waals surface area (Å²) in [5.74, 6) is -0.488. The molecule has 0 nitrogen and oxygen atoms in total. The summed E-state index contributed by atoms with van der Waals surface area (Å²) in [5.41, 5.74) is 12.6. The van der Waals surface area contributed by atoms with Gasteiger partial charge in [0.05, 0.1) is 0 Å². The fourth-order valence-electron chi connectivity index (χ4n) is 4.79. The van der Waals surface area contributed by atoms with Crippen LogP contribution < -0.4 is 24.8 Å². The molecule has 5 heteroatoms. The summed E-state index contributed by atoms with van der Waals surface area (Å²) < 4.78 is 26.6. The van der Waals surface area contributed by atoms with E-state index < -0.39 is 0 Å². The number of aryl methyl sites for hydroxylation is 1. The van der Waals surface area contributed by atoms with Gasteiger partial charge in [-0.25, -0.2) is 6.07 Å². The third-order valence-electron chi connectivity index (χ3n) is 7.35. The van der Waals surface area contributed by atoms with Crippen LogP contribution in [0.15, 0.2) is 110 Å². The topological polar surface area (TPSA) is 0 Å². The van der Waals surface area contributed by atoms with Crippen molar-refractivity contribution in [3.8, 4) is 11.1 Å². The molecule has 0 heterocycles. The van der Waals surface area contributed by atoms with Crippen molar-refractivity contribution in [2.45, 2.75) is 39.5 Å². The van der Waals surface area contributed by atoms with Crippen molar-refractivity contribution in [3.63, 3.8) is 0 Å². The second kappa shape index (κ2) is 17.0. The van der Waals surface area contributed by atoms with Crippen molar-refractivity contribution in [1.29, 1.82) is 0 Å². The summed E-state index contributed by atoms with van der Waals surface area (Å²) in [6.07, 6.45) is 4.74. The molecular formula is C40H36Cl2F2Zr-2. The van der Waals surface area contributed by atoms with E-state index in [1.54, 1.807) is 24.3 Å². The maximum absolute atomic E-state index is 12.8. The van der Waals surface area contributed by atoms with Gasteiger partial charge in [0.2, 0.25) is 0 Å².